The molecule has 3 aromatic carbocycles. The quantitative estimate of drug-likeness (QED) is 0.226. The molecular formula is C29H33ClN4O6S. The number of benzene rings is 3. The Balaban J connectivity index is 2.07. The number of carbonyl (C=O) groups is 2. The van der Waals surface area contributed by atoms with Crippen LogP contribution in [0.1, 0.15) is 31.4 Å². The average molecular weight is 601 g/mol. The summed E-state index contributed by atoms with van der Waals surface area (Å²) in [7, 11) is -4.05. The first-order valence-electron chi connectivity index (χ1n) is 13.0. The summed E-state index contributed by atoms with van der Waals surface area (Å²) in [5.74, 6) is -1.04. The highest BCUT2D eigenvalue weighted by Crippen LogP contribution is 2.24. The molecule has 0 radical (unpaired) electrons. The third kappa shape index (κ3) is 9.02. The van der Waals surface area contributed by atoms with Crippen LogP contribution in [0.3, 0.4) is 0 Å². The molecule has 0 fully saturated rings. The zero-order valence-corrected chi connectivity index (χ0v) is 24.6. The Morgan fingerprint density at radius 1 is 1.00 bits per heavy atom. The molecule has 0 saturated heterocycles. The Morgan fingerprint density at radius 2 is 1.66 bits per heavy atom. The number of hydrogen-bond acceptors (Lipinski definition) is 6. The van der Waals surface area contributed by atoms with Gasteiger partial charge in [0.2, 0.25) is 21.8 Å². The third-order valence-electron chi connectivity index (χ3n) is 6.55. The Bertz CT molecular complexity index is 1470. The summed E-state index contributed by atoms with van der Waals surface area (Å²) in [6.07, 6.45) is 1.77. The number of rotatable bonds is 13. The Kier molecular flexibility index (Phi) is 10.8. The molecule has 2 atom stereocenters. The van der Waals surface area contributed by atoms with Gasteiger partial charge in [0.05, 0.1) is 16.9 Å². The summed E-state index contributed by atoms with van der Waals surface area (Å²) in [5, 5.41) is 14.8. The van der Waals surface area contributed by atoms with Gasteiger partial charge in [-0.15, -0.1) is 0 Å². The molecule has 0 bridgehead atoms. The lowest BCUT2D eigenvalue weighted by Crippen LogP contribution is -2.54. The number of anilines is 1. The van der Waals surface area contributed by atoms with E-state index < -0.39 is 33.4 Å². The number of non-ortho nitro benzene ring substituents is 1. The SMILES string of the molecule is CCC(C)NC(=O)C(Cc1ccccc1)N(Cc1ccc(Cl)cc1)C(=O)CN(c1cccc([N+](=O)[O-])c1)S(C)(=O)=O. The Labute approximate surface area is 245 Å². The van der Waals surface area contributed by atoms with Gasteiger partial charge in [0.25, 0.3) is 5.69 Å². The molecule has 12 heteroatoms. The fourth-order valence-electron chi connectivity index (χ4n) is 4.16. The molecule has 10 nitrogen and oxygen atoms in total. The van der Waals surface area contributed by atoms with Crippen molar-refractivity contribution in [3.63, 3.8) is 0 Å². The zero-order valence-electron chi connectivity index (χ0n) is 23.1. The molecule has 218 valence electrons. The predicted molar refractivity (Wildman–Crippen MR) is 159 cm³/mol. The Morgan fingerprint density at radius 3 is 2.24 bits per heavy atom. The maximum Gasteiger partial charge on any atom is 0.271 e. The minimum absolute atomic E-state index is 0.00598. The van der Waals surface area contributed by atoms with Crippen LogP contribution < -0.4 is 9.62 Å². The van der Waals surface area contributed by atoms with Gasteiger partial charge in [0.15, 0.2) is 0 Å². The molecule has 0 heterocycles. The van der Waals surface area contributed by atoms with Crippen LogP contribution in [0.2, 0.25) is 5.02 Å². The smallest absolute Gasteiger partial charge is 0.271 e. The van der Waals surface area contributed by atoms with Crippen molar-refractivity contribution in [3.8, 4) is 0 Å². The molecule has 3 aromatic rings. The van der Waals surface area contributed by atoms with E-state index in [1.54, 1.807) is 24.3 Å². The van der Waals surface area contributed by atoms with Crippen LogP contribution in [0.25, 0.3) is 0 Å². The van der Waals surface area contributed by atoms with Crippen LogP contribution in [0, 0.1) is 10.1 Å². The van der Waals surface area contributed by atoms with E-state index in [0.29, 0.717) is 17.0 Å². The van der Waals surface area contributed by atoms with Crippen molar-refractivity contribution < 1.29 is 22.9 Å². The Hall–Kier alpha value is -3.96. The highest BCUT2D eigenvalue weighted by atomic mass is 35.5. The van der Waals surface area contributed by atoms with Gasteiger partial charge in [0, 0.05) is 36.2 Å². The second kappa shape index (κ2) is 14.1. The second-order valence-corrected chi connectivity index (χ2v) is 12.1. The highest BCUT2D eigenvalue weighted by molar-refractivity contribution is 7.92. The monoisotopic (exact) mass is 600 g/mol. The van der Waals surface area contributed by atoms with Crippen LogP contribution >= 0.6 is 11.6 Å². The van der Waals surface area contributed by atoms with Crippen molar-refractivity contribution in [2.24, 2.45) is 0 Å². The summed E-state index contributed by atoms with van der Waals surface area (Å²) < 4.78 is 26.5. The lowest BCUT2D eigenvalue weighted by molar-refractivity contribution is -0.384. The summed E-state index contributed by atoms with van der Waals surface area (Å²) in [5.41, 5.74) is 1.13. The summed E-state index contributed by atoms with van der Waals surface area (Å²) in [6.45, 7) is 3.11. The van der Waals surface area contributed by atoms with Gasteiger partial charge in [0.1, 0.15) is 12.6 Å². The van der Waals surface area contributed by atoms with Gasteiger partial charge in [-0.3, -0.25) is 24.0 Å². The molecule has 2 amide bonds. The lowest BCUT2D eigenvalue weighted by Gasteiger charge is -2.34. The van der Waals surface area contributed by atoms with E-state index in [1.165, 1.54) is 23.1 Å². The third-order valence-corrected chi connectivity index (χ3v) is 7.94. The van der Waals surface area contributed by atoms with E-state index in [2.05, 4.69) is 5.32 Å². The fraction of sp³-hybridized carbons (Fsp3) is 0.310. The van der Waals surface area contributed by atoms with Crippen LogP contribution in [0.4, 0.5) is 11.4 Å². The van der Waals surface area contributed by atoms with Gasteiger partial charge in [-0.05, 0) is 42.7 Å². The number of nitro benzene ring substituents is 1. The molecular weight excluding hydrogens is 568 g/mol. The van der Waals surface area contributed by atoms with Gasteiger partial charge in [-0.1, -0.05) is 67.1 Å². The number of amides is 2. The standard InChI is InChI=1S/C29H33ClN4O6S/c1-4-21(2)31-29(36)27(17-22-9-6-5-7-10-22)32(19-23-13-15-24(30)16-14-23)28(35)20-33(41(3,39)40)25-11-8-12-26(18-25)34(37)38/h5-16,18,21,27H,4,17,19-20H2,1-3H3,(H,31,36). The van der Waals surface area contributed by atoms with Gasteiger partial charge < -0.3 is 10.2 Å². The molecule has 0 spiro atoms. The number of sulfonamides is 1. The molecule has 41 heavy (non-hydrogen) atoms. The van der Waals surface area contributed by atoms with Crippen LogP contribution in [-0.4, -0.2) is 54.9 Å². The minimum Gasteiger partial charge on any atom is -0.352 e. The van der Waals surface area contributed by atoms with Crippen molar-refractivity contribution in [1.29, 1.82) is 0 Å². The van der Waals surface area contributed by atoms with Crippen molar-refractivity contribution in [2.75, 3.05) is 17.1 Å². The topological polar surface area (TPSA) is 130 Å². The first-order chi connectivity index (χ1) is 19.4. The molecule has 1 N–H and O–H groups in total. The van der Waals surface area contributed by atoms with Crippen molar-refractivity contribution in [2.45, 2.75) is 45.3 Å². The van der Waals surface area contributed by atoms with E-state index in [-0.39, 0.29) is 36.3 Å². The van der Waals surface area contributed by atoms with Crippen molar-refractivity contribution in [3.05, 3.63) is 105 Å². The summed E-state index contributed by atoms with van der Waals surface area (Å²) in [4.78, 5) is 39.7. The van der Waals surface area contributed by atoms with Gasteiger partial charge in [-0.2, -0.15) is 0 Å². The molecule has 0 aliphatic carbocycles. The summed E-state index contributed by atoms with van der Waals surface area (Å²) in [6, 6.07) is 19.9. The predicted octanol–water partition coefficient (Wildman–Crippen LogP) is 4.57. The number of nitro groups is 1. The molecule has 0 saturated carbocycles. The average Bonchev–Trinajstić information content (AvgIpc) is 2.94. The van der Waals surface area contributed by atoms with Crippen LogP contribution in [0.15, 0.2) is 78.9 Å². The van der Waals surface area contributed by atoms with E-state index >= 15 is 0 Å². The van der Waals surface area contributed by atoms with E-state index in [9.17, 15) is 28.1 Å². The zero-order chi connectivity index (χ0) is 30.2. The normalized spacial score (nSPS) is 12.7. The lowest BCUT2D eigenvalue weighted by atomic mass is 10.0. The number of nitrogens with zero attached hydrogens (tertiary/aromatic N) is 3. The number of halogens is 1. The first kappa shape index (κ1) is 31.6. The summed E-state index contributed by atoms with van der Waals surface area (Å²) >= 11 is 6.06. The number of nitrogens with one attached hydrogen (secondary N) is 1. The van der Waals surface area contributed by atoms with E-state index in [0.717, 1.165) is 22.2 Å². The molecule has 0 aliphatic heterocycles. The molecule has 0 aromatic heterocycles. The van der Waals surface area contributed by atoms with E-state index in [4.69, 9.17) is 11.6 Å². The van der Waals surface area contributed by atoms with Crippen LogP contribution in [0.5, 0.6) is 0 Å². The fourth-order valence-corrected chi connectivity index (χ4v) is 5.12. The highest BCUT2D eigenvalue weighted by Gasteiger charge is 2.33. The van der Waals surface area contributed by atoms with Crippen molar-refractivity contribution >= 4 is 44.8 Å². The molecule has 3 rings (SSSR count). The largest absolute Gasteiger partial charge is 0.352 e. The number of hydrogen-bond donors (Lipinski definition) is 1. The number of carbonyl (C=O) groups excluding carboxylic acids is 2. The maximum absolute atomic E-state index is 14.0. The van der Waals surface area contributed by atoms with Crippen LogP contribution in [-0.2, 0) is 32.6 Å². The molecule has 2 unspecified atom stereocenters. The van der Waals surface area contributed by atoms with Gasteiger partial charge >= 0.3 is 0 Å². The van der Waals surface area contributed by atoms with Crippen molar-refractivity contribution in [1.82, 2.24) is 10.2 Å². The second-order valence-electron chi connectivity index (χ2n) is 9.72. The maximum atomic E-state index is 14.0. The van der Waals surface area contributed by atoms with Gasteiger partial charge in [-0.25, -0.2) is 8.42 Å². The van der Waals surface area contributed by atoms with E-state index in [1.807, 2.05) is 44.2 Å². The first-order valence-corrected chi connectivity index (χ1v) is 15.2. The minimum atomic E-state index is -4.05. The molecule has 0 aliphatic rings.